The third-order valence-corrected chi connectivity index (χ3v) is 6.65. The van der Waals surface area contributed by atoms with Crippen LogP contribution in [-0.4, -0.2) is 54.0 Å². The van der Waals surface area contributed by atoms with Crippen LogP contribution in [0.3, 0.4) is 0 Å². The van der Waals surface area contributed by atoms with Crippen molar-refractivity contribution in [1.82, 2.24) is 29.2 Å². The van der Waals surface area contributed by atoms with Crippen molar-refractivity contribution in [3.63, 3.8) is 0 Å². The second-order valence-corrected chi connectivity index (χ2v) is 10.7. The number of carbonyl (C=O) groups is 1. The van der Waals surface area contributed by atoms with Gasteiger partial charge in [0.15, 0.2) is 0 Å². The first-order valence-electron chi connectivity index (χ1n) is 12.8. The predicted octanol–water partition coefficient (Wildman–Crippen LogP) is 4.88. The van der Waals surface area contributed by atoms with E-state index >= 15 is 0 Å². The highest BCUT2D eigenvalue weighted by molar-refractivity contribution is 5.76. The van der Waals surface area contributed by atoms with Crippen molar-refractivity contribution in [2.75, 3.05) is 13.1 Å². The van der Waals surface area contributed by atoms with Gasteiger partial charge < -0.3 is 14.1 Å². The first-order valence-corrected chi connectivity index (χ1v) is 12.8. The SMILES string of the molecule is CC(C)(C)OC(=O)N1CCC(Cn2c(=O)n(Cc3ccc(-c4nnc(C(F)F)o4)cn3)c3ccccc32)CC1. The van der Waals surface area contributed by atoms with Gasteiger partial charge in [-0.25, -0.2) is 9.59 Å². The maximum Gasteiger partial charge on any atom is 0.410 e. The maximum absolute atomic E-state index is 13.6. The lowest BCUT2D eigenvalue weighted by Crippen LogP contribution is -2.42. The van der Waals surface area contributed by atoms with Crippen LogP contribution in [0.4, 0.5) is 13.6 Å². The molecule has 4 heterocycles. The van der Waals surface area contributed by atoms with Gasteiger partial charge in [-0.1, -0.05) is 12.1 Å². The fourth-order valence-corrected chi connectivity index (χ4v) is 4.73. The molecule has 0 aliphatic carbocycles. The Kier molecular flexibility index (Phi) is 7.19. The van der Waals surface area contributed by atoms with E-state index in [-0.39, 0.29) is 30.1 Å². The maximum atomic E-state index is 13.6. The van der Waals surface area contributed by atoms with Crippen molar-refractivity contribution < 1.29 is 22.7 Å². The molecule has 1 aromatic carbocycles. The average molecular weight is 541 g/mol. The van der Waals surface area contributed by atoms with Crippen molar-refractivity contribution in [3.8, 4) is 11.5 Å². The van der Waals surface area contributed by atoms with Crippen LogP contribution in [0.25, 0.3) is 22.5 Å². The van der Waals surface area contributed by atoms with Gasteiger partial charge in [0, 0.05) is 25.8 Å². The van der Waals surface area contributed by atoms with Crippen LogP contribution in [0.2, 0.25) is 0 Å². The Morgan fingerprint density at radius 3 is 2.36 bits per heavy atom. The lowest BCUT2D eigenvalue weighted by atomic mass is 9.97. The molecule has 1 saturated heterocycles. The number of imidazole rings is 1. The molecule has 0 saturated carbocycles. The number of para-hydroxylation sites is 2. The first kappa shape index (κ1) is 26.5. The number of fused-ring (bicyclic) bond motifs is 1. The second kappa shape index (κ2) is 10.6. The summed E-state index contributed by atoms with van der Waals surface area (Å²) in [6.07, 6.45) is -0.142. The highest BCUT2D eigenvalue weighted by Crippen LogP contribution is 2.25. The van der Waals surface area contributed by atoms with Gasteiger partial charge in [-0.3, -0.25) is 14.1 Å². The summed E-state index contributed by atoms with van der Waals surface area (Å²) in [5.41, 5.74) is 1.96. The number of hydrogen-bond acceptors (Lipinski definition) is 7. The molecule has 10 nitrogen and oxygen atoms in total. The summed E-state index contributed by atoms with van der Waals surface area (Å²) in [5, 5.41) is 6.98. The third-order valence-electron chi connectivity index (χ3n) is 6.65. The fraction of sp³-hybridized carbons (Fsp3) is 0.444. The van der Waals surface area contributed by atoms with Crippen LogP contribution < -0.4 is 5.69 Å². The molecule has 5 rings (SSSR count). The Morgan fingerprint density at radius 1 is 1.08 bits per heavy atom. The molecule has 0 radical (unpaired) electrons. The van der Waals surface area contributed by atoms with Crippen molar-refractivity contribution in [2.24, 2.45) is 5.92 Å². The number of amides is 1. The summed E-state index contributed by atoms with van der Waals surface area (Å²) in [4.78, 5) is 32.1. The molecule has 0 atom stereocenters. The quantitative estimate of drug-likeness (QED) is 0.343. The third kappa shape index (κ3) is 5.84. The number of piperidine rings is 1. The topological polar surface area (TPSA) is 108 Å². The largest absolute Gasteiger partial charge is 0.444 e. The standard InChI is InChI=1S/C27H30F2N6O4/c1-27(2,3)39-26(37)33-12-10-17(11-13-33)15-34-20-6-4-5-7-21(20)35(25(34)36)16-19-9-8-18(14-30-19)23-31-32-24(38-23)22(28)29/h4-9,14,17,22H,10-13,15-16H2,1-3H3. The molecule has 1 aliphatic heterocycles. The Labute approximate surface area is 223 Å². The first-order chi connectivity index (χ1) is 18.6. The number of hydrogen-bond donors (Lipinski definition) is 0. The zero-order valence-electron chi connectivity index (χ0n) is 22.0. The predicted molar refractivity (Wildman–Crippen MR) is 138 cm³/mol. The summed E-state index contributed by atoms with van der Waals surface area (Å²) < 4.78 is 39.5. The molecule has 0 unspecified atom stereocenters. The van der Waals surface area contributed by atoms with Crippen molar-refractivity contribution in [1.29, 1.82) is 0 Å². The Bertz CT molecular complexity index is 1510. The highest BCUT2D eigenvalue weighted by atomic mass is 19.3. The molecule has 4 aromatic rings. The molecule has 1 fully saturated rings. The summed E-state index contributed by atoms with van der Waals surface area (Å²) in [7, 11) is 0. The molecule has 1 aliphatic rings. The number of aromatic nitrogens is 5. The monoisotopic (exact) mass is 540 g/mol. The molecule has 0 bridgehead atoms. The summed E-state index contributed by atoms with van der Waals surface area (Å²) in [5.74, 6) is -0.551. The minimum atomic E-state index is -2.85. The van der Waals surface area contributed by atoms with Gasteiger partial charge in [-0.2, -0.15) is 8.78 Å². The van der Waals surface area contributed by atoms with E-state index in [9.17, 15) is 18.4 Å². The van der Waals surface area contributed by atoms with Gasteiger partial charge in [0.05, 0.1) is 28.8 Å². The minimum Gasteiger partial charge on any atom is -0.444 e. The van der Waals surface area contributed by atoms with Gasteiger partial charge in [-0.05, 0) is 63.8 Å². The van der Waals surface area contributed by atoms with Gasteiger partial charge in [0.25, 0.3) is 5.89 Å². The zero-order valence-corrected chi connectivity index (χ0v) is 22.0. The lowest BCUT2D eigenvalue weighted by Gasteiger charge is -2.33. The van der Waals surface area contributed by atoms with Crippen molar-refractivity contribution in [2.45, 2.75) is 58.7 Å². The molecular formula is C27H30F2N6O4. The molecule has 0 spiro atoms. The number of halogens is 2. The van der Waals surface area contributed by atoms with Crippen LogP contribution in [0, 0.1) is 5.92 Å². The van der Waals surface area contributed by atoms with Crippen LogP contribution in [0.1, 0.15) is 51.6 Å². The summed E-state index contributed by atoms with van der Waals surface area (Å²) in [6.45, 7) is 7.50. The molecule has 3 aromatic heterocycles. The van der Waals surface area contributed by atoms with E-state index in [1.54, 1.807) is 26.2 Å². The van der Waals surface area contributed by atoms with E-state index in [4.69, 9.17) is 9.15 Å². The highest BCUT2D eigenvalue weighted by Gasteiger charge is 2.28. The van der Waals surface area contributed by atoms with Crippen LogP contribution in [0.5, 0.6) is 0 Å². The van der Waals surface area contributed by atoms with Crippen molar-refractivity contribution >= 4 is 17.1 Å². The number of alkyl halides is 2. The molecule has 206 valence electrons. The number of nitrogens with zero attached hydrogens (tertiary/aromatic N) is 6. The van der Waals surface area contributed by atoms with Crippen LogP contribution >= 0.6 is 0 Å². The number of pyridine rings is 1. The number of rotatable bonds is 6. The van der Waals surface area contributed by atoms with Gasteiger partial charge in [0.2, 0.25) is 5.89 Å². The molecule has 1 amide bonds. The van der Waals surface area contributed by atoms with Crippen LogP contribution in [-0.2, 0) is 17.8 Å². The lowest BCUT2D eigenvalue weighted by molar-refractivity contribution is 0.0178. The van der Waals surface area contributed by atoms with Gasteiger partial charge in [-0.15, -0.1) is 10.2 Å². The molecule has 0 N–H and O–H groups in total. The van der Waals surface area contributed by atoms with E-state index in [1.165, 1.54) is 6.20 Å². The number of benzene rings is 1. The molecule has 12 heteroatoms. The number of carbonyl (C=O) groups excluding carboxylic acids is 1. The zero-order chi connectivity index (χ0) is 27.7. The smallest absolute Gasteiger partial charge is 0.410 e. The average Bonchev–Trinajstić information content (AvgIpc) is 3.49. The van der Waals surface area contributed by atoms with Crippen LogP contribution in [0.15, 0.2) is 51.8 Å². The van der Waals surface area contributed by atoms with Gasteiger partial charge in [0.1, 0.15) is 5.60 Å². The molecule has 39 heavy (non-hydrogen) atoms. The van der Waals surface area contributed by atoms with E-state index in [2.05, 4.69) is 15.2 Å². The Hall–Kier alpha value is -4.09. The van der Waals surface area contributed by atoms with E-state index in [1.807, 2.05) is 45.0 Å². The Morgan fingerprint density at radius 2 is 1.77 bits per heavy atom. The minimum absolute atomic E-state index is 0.0455. The van der Waals surface area contributed by atoms with E-state index in [0.29, 0.717) is 30.9 Å². The number of likely N-dealkylation sites (tertiary alicyclic amines) is 1. The second-order valence-electron chi connectivity index (χ2n) is 10.7. The Balaban J connectivity index is 1.31. The summed E-state index contributed by atoms with van der Waals surface area (Å²) >= 11 is 0. The fourth-order valence-electron chi connectivity index (χ4n) is 4.73. The van der Waals surface area contributed by atoms with Gasteiger partial charge >= 0.3 is 18.2 Å². The summed E-state index contributed by atoms with van der Waals surface area (Å²) in [6, 6.07) is 11.0. The van der Waals surface area contributed by atoms with Crippen molar-refractivity contribution in [3.05, 3.63) is 64.7 Å². The number of ether oxygens (including phenoxy) is 1. The molecular weight excluding hydrogens is 510 g/mol. The van der Waals surface area contributed by atoms with E-state index < -0.39 is 17.9 Å². The van der Waals surface area contributed by atoms with E-state index in [0.717, 1.165) is 23.9 Å². The normalized spacial score (nSPS) is 14.9.